The van der Waals surface area contributed by atoms with Gasteiger partial charge in [-0.25, -0.2) is 36.3 Å². The summed E-state index contributed by atoms with van der Waals surface area (Å²) in [5.74, 6) is -5.22. The van der Waals surface area contributed by atoms with E-state index in [1.165, 1.54) is 4.31 Å². The Morgan fingerprint density at radius 3 is 2.16 bits per heavy atom. The van der Waals surface area contributed by atoms with Crippen LogP contribution in [0.1, 0.15) is 106 Å². The number of nitrogens with zero attached hydrogens (tertiary/aromatic N) is 4. The van der Waals surface area contributed by atoms with Gasteiger partial charge in [-0.1, -0.05) is 0 Å². The number of ether oxygens (including phenoxy) is 1. The number of carboxylic acids is 1. The summed E-state index contributed by atoms with van der Waals surface area (Å²) in [4.78, 5) is 34.8. The fraction of sp³-hybridized carbons (Fsp3) is 0.641. The number of fused-ring (bicyclic) bond motifs is 1. The van der Waals surface area contributed by atoms with Crippen molar-refractivity contribution in [1.29, 1.82) is 0 Å². The van der Waals surface area contributed by atoms with Gasteiger partial charge in [-0.3, -0.25) is 4.79 Å². The van der Waals surface area contributed by atoms with Crippen LogP contribution in [0.4, 0.5) is 22.0 Å². The quantitative estimate of drug-likeness (QED) is 0.216. The maximum Gasteiger partial charge on any atom is 0.434 e. The number of aromatic nitrogens is 3. The van der Waals surface area contributed by atoms with Crippen LogP contribution < -0.4 is 10.1 Å². The van der Waals surface area contributed by atoms with Gasteiger partial charge in [0.05, 0.1) is 16.3 Å². The number of halogens is 5. The van der Waals surface area contributed by atoms with Crippen molar-refractivity contribution in [3.05, 3.63) is 41.9 Å². The molecule has 6 saturated carbocycles. The van der Waals surface area contributed by atoms with Gasteiger partial charge in [-0.05, 0) is 106 Å². The molecule has 10 rings (SSSR count). The molecule has 302 valence electrons. The molecule has 17 heteroatoms. The normalized spacial score (nSPS) is 29.8. The number of carboxylic acid groups (broad SMARTS) is 1. The van der Waals surface area contributed by atoms with Crippen molar-refractivity contribution in [3.63, 3.8) is 0 Å². The van der Waals surface area contributed by atoms with E-state index >= 15 is 0 Å². The molecule has 2 aromatic heterocycles. The Hall–Kier alpha value is -3.86. The molecule has 1 amide bonds. The highest BCUT2D eigenvalue weighted by Crippen LogP contribution is 2.58. The molecule has 4 bridgehead atoms. The van der Waals surface area contributed by atoms with Crippen molar-refractivity contribution in [2.45, 2.75) is 119 Å². The van der Waals surface area contributed by atoms with Gasteiger partial charge >= 0.3 is 12.1 Å². The number of piperidine rings is 1. The average Bonchev–Trinajstić information content (AvgIpc) is 3.95. The number of carbonyl (C=O) groups excluding carboxylic acids is 1. The summed E-state index contributed by atoms with van der Waals surface area (Å²) in [5, 5.41) is 13.2. The molecule has 7 aliphatic rings. The zero-order valence-corrected chi connectivity index (χ0v) is 31.4. The highest BCUT2D eigenvalue weighted by atomic mass is 32.2. The summed E-state index contributed by atoms with van der Waals surface area (Å²) in [6, 6.07) is 4.61. The number of amides is 1. The third kappa shape index (κ3) is 6.53. The largest absolute Gasteiger partial charge is 0.490 e. The van der Waals surface area contributed by atoms with E-state index in [0.29, 0.717) is 92.9 Å². The predicted octanol–water partition coefficient (Wildman–Crippen LogP) is 7.21. The molecule has 11 nitrogen and oxygen atoms in total. The molecule has 0 unspecified atom stereocenters. The van der Waals surface area contributed by atoms with Crippen LogP contribution in [-0.2, 0) is 21.0 Å². The van der Waals surface area contributed by atoms with Gasteiger partial charge in [0.2, 0.25) is 15.9 Å². The second-order valence-corrected chi connectivity index (χ2v) is 19.3. The predicted molar refractivity (Wildman–Crippen MR) is 192 cm³/mol. The number of nitrogens with one attached hydrogen (secondary N) is 1. The van der Waals surface area contributed by atoms with E-state index in [2.05, 4.69) is 15.3 Å². The van der Waals surface area contributed by atoms with Crippen LogP contribution in [0.3, 0.4) is 0 Å². The summed E-state index contributed by atoms with van der Waals surface area (Å²) >= 11 is 0. The molecule has 1 saturated heterocycles. The SMILES string of the molecule is O=C(NC1(C(=O)O)C2CC3CC(C2)CC1C3)c1cnc(-c2cn(C3CCC(F)(F)CC3)c3cc(OC4CCN(S(=O)(=O)C5CC5)CC4)ccc23)nc1C(F)(F)F. The van der Waals surface area contributed by atoms with E-state index in [0.717, 1.165) is 12.6 Å². The van der Waals surface area contributed by atoms with Gasteiger partial charge < -0.3 is 19.7 Å². The van der Waals surface area contributed by atoms with Crippen LogP contribution in [0.15, 0.2) is 30.6 Å². The minimum atomic E-state index is -5.10. The van der Waals surface area contributed by atoms with Crippen molar-refractivity contribution in [2.24, 2.45) is 23.7 Å². The number of hydrogen-bond donors (Lipinski definition) is 2. The van der Waals surface area contributed by atoms with Crippen LogP contribution in [0.5, 0.6) is 5.75 Å². The lowest BCUT2D eigenvalue weighted by atomic mass is 9.48. The van der Waals surface area contributed by atoms with Crippen LogP contribution in [0.2, 0.25) is 0 Å². The van der Waals surface area contributed by atoms with Gasteiger partial charge in [-0.15, -0.1) is 0 Å². The Labute approximate surface area is 320 Å². The summed E-state index contributed by atoms with van der Waals surface area (Å²) in [6.07, 6.45) is 2.19. The maximum atomic E-state index is 14.8. The van der Waals surface area contributed by atoms with Crippen molar-refractivity contribution < 1.29 is 49.8 Å². The number of benzene rings is 1. The van der Waals surface area contributed by atoms with Gasteiger partial charge in [-0.2, -0.15) is 13.2 Å². The number of alkyl halides is 5. The Morgan fingerprint density at radius 1 is 0.929 bits per heavy atom. The van der Waals surface area contributed by atoms with Crippen LogP contribution in [-0.4, -0.2) is 80.1 Å². The Morgan fingerprint density at radius 2 is 1.57 bits per heavy atom. The van der Waals surface area contributed by atoms with Gasteiger partial charge in [0.25, 0.3) is 5.91 Å². The summed E-state index contributed by atoms with van der Waals surface area (Å²) in [5.41, 5.74) is -3.34. The lowest BCUT2D eigenvalue weighted by Gasteiger charge is -2.59. The molecule has 1 aliphatic heterocycles. The molecule has 3 aromatic rings. The highest BCUT2D eigenvalue weighted by Gasteiger charge is 2.62. The molecular formula is C39H44F5N5O6S. The molecule has 56 heavy (non-hydrogen) atoms. The Balaban J connectivity index is 1.03. The second-order valence-electron chi connectivity index (χ2n) is 17.1. The first kappa shape index (κ1) is 37.7. The molecule has 6 aliphatic carbocycles. The fourth-order valence-electron chi connectivity index (χ4n) is 10.7. The maximum absolute atomic E-state index is 14.8. The van der Waals surface area contributed by atoms with Crippen molar-refractivity contribution in [2.75, 3.05) is 13.1 Å². The minimum Gasteiger partial charge on any atom is -0.490 e. The number of carbonyl (C=O) groups is 2. The van der Waals surface area contributed by atoms with Gasteiger partial charge in [0.15, 0.2) is 11.5 Å². The molecule has 0 atom stereocenters. The third-order valence-corrected chi connectivity index (χ3v) is 15.9. The van der Waals surface area contributed by atoms with Crippen LogP contribution in [0.25, 0.3) is 22.3 Å². The van der Waals surface area contributed by atoms with E-state index in [4.69, 9.17) is 4.74 Å². The van der Waals surface area contributed by atoms with Crippen molar-refractivity contribution in [1.82, 2.24) is 24.2 Å². The zero-order chi connectivity index (χ0) is 39.4. The first-order valence-electron chi connectivity index (χ1n) is 19.7. The van der Waals surface area contributed by atoms with E-state index in [1.54, 1.807) is 29.0 Å². The van der Waals surface area contributed by atoms with Gasteiger partial charge in [0.1, 0.15) is 17.4 Å². The number of sulfonamides is 1. The fourth-order valence-corrected chi connectivity index (χ4v) is 12.6. The summed E-state index contributed by atoms with van der Waals surface area (Å²) in [6.45, 7) is 0.656. The summed E-state index contributed by atoms with van der Waals surface area (Å²) < 4.78 is 108. The topological polar surface area (TPSA) is 144 Å². The lowest BCUT2D eigenvalue weighted by Crippen LogP contribution is -2.70. The van der Waals surface area contributed by atoms with Crippen LogP contribution in [0, 0.1) is 23.7 Å². The third-order valence-electron chi connectivity index (χ3n) is 13.5. The Kier molecular flexibility index (Phi) is 8.99. The number of aliphatic carboxylic acids is 1. The van der Waals surface area contributed by atoms with E-state index in [-0.39, 0.29) is 60.3 Å². The lowest BCUT2D eigenvalue weighted by molar-refractivity contribution is -0.163. The van der Waals surface area contributed by atoms with Crippen molar-refractivity contribution in [3.8, 4) is 17.1 Å². The molecule has 7 fully saturated rings. The molecule has 0 spiro atoms. The molecule has 0 radical (unpaired) electrons. The first-order valence-corrected chi connectivity index (χ1v) is 21.2. The molecular weight excluding hydrogens is 762 g/mol. The molecule has 3 heterocycles. The average molecular weight is 806 g/mol. The van der Waals surface area contributed by atoms with E-state index in [9.17, 15) is 45.1 Å². The standard InChI is InChI=1S/C39H44F5N5O6S/c40-37(41)9-5-25(6-10-37)49-20-31(29-4-1-27(18-32(29)49)55-26-7-11-48(12-8-26)56(53,54)28-2-3-28)34-45-19-30(33(46-34)39(42,43)44)35(50)47-38(36(51)52)23-14-21-13-22(16-23)17-24(38)15-21/h1,4,18-26,28H,2-3,5-17H2,(H,47,50)(H,51,52). The number of hydrogen-bond acceptors (Lipinski definition) is 7. The van der Waals surface area contributed by atoms with Gasteiger partial charge in [0, 0.05) is 61.4 Å². The van der Waals surface area contributed by atoms with E-state index in [1.807, 2.05) is 0 Å². The van der Waals surface area contributed by atoms with Crippen LogP contribution >= 0.6 is 0 Å². The monoisotopic (exact) mass is 805 g/mol. The Bertz CT molecular complexity index is 2140. The molecule has 2 N–H and O–H groups in total. The minimum absolute atomic E-state index is 0.123. The summed E-state index contributed by atoms with van der Waals surface area (Å²) in [7, 11) is -3.31. The van der Waals surface area contributed by atoms with E-state index < -0.39 is 56.8 Å². The van der Waals surface area contributed by atoms with Crippen molar-refractivity contribution >= 4 is 32.8 Å². The first-order chi connectivity index (χ1) is 26.5. The zero-order valence-electron chi connectivity index (χ0n) is 30.6. The second kappa shape index (κ2) is 13.3. The molecule has 1 aromatic carbocycles. The number of rotatable bonds is 9. The highest BCUT2D eigenvalue weighted by molar-refractivity contribution is 7.90. The smallest absolute Gasteiger partial charge is 0.434 e.